The van der Waals surface area contributed by atoms with Crippen LogP contribution in [0.2, 0.25) is 0 Å². The summed E-state index contributed by atoms with van der Waals surface area (Å²) in [6.45, 7) is 3.46. The van der Waals surface area contributed by atoms with E-state index in [4.69, 9.17) is 9.47 Å². The van der Waals surface area contributed by atoms with Gasteiger partial charge in [0.05, 0.1) is 25.4 Å². The summed E-state index contributed by atoms with van der Waals surface area (Å²) in [4.78, 5) is 13.1. The summed E-state index contributed by atoms with van der Waals surface area (Å²) < 4.78 is 11.1. The van der Waals surface area contributed by atoms with Crippen LogP contribution in [0.3, 0.4) is 0 Å². The van der Waals surface area contributed by atoms with Crippen molar-refractivity contribution in [3.05, 3.63) is 12.2 Å². The first-order valence-electron chi connectivity index (χ1n) is 29.1. The Morgan fingerprint density at radius 3 is 1.26 bits per heavy atom. The Balaban J connectivity index is 2.26. The molecule has 0 aromatic rings. The lowest BCUT2D eigenvalue weighted by Crippen LogP contribution is -2.60. The highest BCUT2D eigenvalue weighted by atomic mass is 16.7. The van der Waals surface area contributed by atoms with Crippen molar-refractivity contribution in [2.45, 2.75) is 332 Å². The lowest BCUT2D eigenvalue weighted by atomic mass is 9.98. The minimum Gasteiger partial charge on any atom is -0.394 e. The third-order valence-corrected chi connectivity index (χ3v) is 14.3. The van der Waals surface area contributed by atoms with Crippen molar-refractivity contribution in [1.82, 2.24) is 5.32 Å². The highest BCUT2D eigenvalue weighted by molar-refractivity contribution is 5.80. The smallest absolute Gasteiger partial charge is 0.249 e. The third kappa shape index (κ3) is 35.1. The van der Waals surface area contributed by atoms with Crippen LogP contribution in [0, 0.1) is 0 Å². The first-order valence-corrected chi connectivity index (χ1v) is 29.1. The van der Waals surface area contributed by atoms with Gasteiger partial charge in [0.2, 0.25) is 5.91 Å². The number of hydrogen-bond donors (Lipinski definition) is 8. The lowest BCUT2D eigenvalue weighted by molar-refractivity contribution is -0.303. The van der Waals surface area contributed by atoms with Gasteiger partial charge in [0.25, 0.3) is 0 Å². The van der Waals surface area contributed by atoms with E-state index in [0.29, 0.717) is 12.8 Å². The van der Waals surface area contributed by atoms with Gasteiger partial charge in [0, 0.05) is 0 Å². The van der Waals surface area contributed by atoms with Crippen LogP contribution in [0.1, 0.15) is 277 Å². The maximum absolute atomic E-state index is 13.1. The highest BCUT2D eigenvalue weighted by Gasteiger charge is 2.44. The molecule has 404 valence electrons. The second-order valence-corrected chi connectivity index (χ2v) is 20.7. The van der Waals surface area contributed by atoms with Crippen LogP contribution >= 0.6 is 0 Å². The molecular formula is C57H111NO10. The van der Waals surface area contributed by atoms with Crippen molar-refractivity contribution in [1.29, 1.82) is 0 Å². The molecule has 0 aliphatic carbocycles. The molecule has 0 bridgehead atoms. The Kier molecular flexibility index (Phi) is 44.7. The minimum absolute atomic E-state index is 0.258. The molecule has 68 heavy (non-hydrogen) atoms. The van der Waals surface area contributed by atoms with Crippen LogP contribution in [0.25, 0.3) is 0 Å². The van der Waals surface area contributed by atoms with E-state index in [0.717, 1.165) is 38.5 Å². The van der Waals surface area contributed by atoms with Gasteiger partial charge in [-0.2, -0.15) is 0 Å². The van der Waals surface area contributed by atoms with Crippen LogP contribution in [0.4, 0.5) is 0 Å². The lowest BCUT2D eigenvalue weighted by Gasteiger charge is -2.40. The molecule has 0 saturated carbocycles. The Bertz CT molecular complexity index is 1110. The van der Waals surface area contributed by atoms with Gasteiger partial charge in [-0.05, 0) is 38.5 Å². The van der Waals surface area contributed by atoms with E-state index in [1.54, 1.807) is 0 Å². The quantitative estimate of drug-likeness (QED) is 0.0215. The number of ether oxygens (including phenoxy) is 2. The summed E-state index contributed by atoms with van der Waals surface area (Å²) in [5, 5.41) is 76.0. The standard InChI is InChI=1S/C57H111NO10/c1-3-5-7-9-11-13-15-17-18-19-20-21-22-23-24-25-26-27-28-29-30-31-33-34-36-38-40-42-44-49(60)52(62)48(47-67-57-55(65)54(64)53(63)51(46-59)68-57)58-56(66)50(61)45-43-41-39-37-35-32-16-14-12-10-8-6-4-2/h36,38,48-55,57,59-65H,3-35,37,39-47H2,1-2H3,(H,58,66)/b38-36+. The van der Waals surface area contributed by atoms with Gasteiger partial charge in [-0.1, -0.05) is 251 Å². The van der Waals surface area contributed by atoms with Gasteiger partial charge in [0.1, 0.15) is 36.6 Å². The fraction of sp³-hybridized carbons (Fsp3) is 0.947. The maximum Gasteiger partial charge on any atom is 0.249 e. The predicted octanol–water partition coefficient (Wildman–Crippen LogP) is 12.0. The minimum atomic E-state index is -1.66. The van der Waals surface area contributed by atoms with Crippen molar-refractivity contribution >= 4 is 5.91 Å². The zero-order valence-electron chi connectivity index (χ0n) is 44.1. The zero-order chi connectivity index (χ0) is 49.7. The van der Waals surface area contributed by atoms with E-state index in [1.807, 2.05) is 0 Å². The molecule has 1 heterocycles. The second-order valence-electron chi connectivity index (χ2n) is 20.7. The van der Waals surface area contributed by atoms with Gasteiger partial charge in [0.15, 0.2) is 6.29 Å². The van der Waals surface area contributed by atoms with Gasteiger partial charge >= 0.3 is 0 Å². The second kappa shape index (κ2) is 46.9. The number of hydrogen-bond acceptors (Lipinski definition) is 10. The Labute approximate surface area is 417 Å². The molecule has 9 atom stereocenters. The van der Waals surface area contributed by atoms with E-state index in [1.165, 1.54) is 199 Å². The summed E-state index contributed by atoms with van der Waals surface area (Å²) >= 11 is 0. The molecule has 0 aromatic heterocycles. The van der Waals surface area contributed by atoms with Gasteiger partial charge < -0.3 is 50.5 Å². The van der Waals surface area contributed by atoms with Crippen LogP contribution in [0.5, 0.6) is 0 Å². The monoisotopic (exact) mass is 970 g/mol. The molecule has 8 N–H and O–H groups in total. The molecule has 1 amide bonds. The molecule has 1 aliphatic heterocycles. The summed E-state index contributed by atoms with van der Waals surface area (Å²) in [5.74, 6) is -0.703. The van der Waals surface area contributed by atoms with E-state index in [9.17, 15) is 40.5 Å². The van der Waals surface area contributed by atoms with E-state index < -0.39 is 74.2 Å². The number of carbonyl (C=O) groups excluding carboxylic acids is 1. The number of amides is 1. The van der Waals surface area contributed by atoms with Gasteiger partial charge in [-0.3, -0.25) is 4.79 Å². The molecule has 1 saturated heterocycles. The van der Waals surface area contributed by atoms with Gasteiger partial charge in [-0.25, -0.2) is 0 Å². The van der Waals surface area contributed by atoms with Crippen LogP contribution in [-0.4, -0.2) is 110 Å². The number of rotatable bonds is 50. The first-order chi connectivity index (χ1) is 33.2. The van der Waals surface area contributed by atoms with E-state index in [2.05, 4.69) is 31.3 Å². The Morgan fingerprint density at radius 1 is 0.500 bits per heavy atom. The predicted molar refractivity (Wildman–Crippen MR) is 279 cm³/mol. The largest absolute Gasteiger partial charge is 0.394 e. The summed E-state index contributed by atoms with van der Waals surface area (Å²) in [7, 11) is 0. The molecule has 0 aromatic carbocycles. The number of carbonyl (C=O) groups is 1. The van der Waals surface area contributed by atoms with Crippen molar-refractivity contribution < 1.29 is 50.0 Å². The molecule has 11 heteroatoms. The fourth-order valence-electron chi connectivity index (χ4n) is 9.56. The number of allylic oxidation sites excluding steroid dienone is 2. The number of aliphatic hydroxyl groups excluding tert-OH is 7. The SMILES string of the molecule is CCCCCCCCCCCCCCCCCCCCCCCCC/C=C/CCCC(O)C(O)C(COC1OC(CO)C(O)C(O)C1O)NC(=O)C(O)CCCCCCCCCCCCCCC. The van der Waals surface area contributed by atoms with Crippen molar-refractivity contribution in [2.24, 2.45) is 0 Å². The van der Waals surface area contributed by atoms with E-state index >= 15 is 0 Å². The number of nitrogens with one attached hydrogen (secondary N) is 1. The zero-order valence-corrected chi connectivity index (χ0v) is 44.1. The normalized spacial score (nSPS) is 20.5. The fourth-order valence-corrected chi connectivity index (χ4v) is 9.56. The van der Waals surface area contributed by atoms with Crippen LogP contribution in [-0.2, 0) is 14.3 Å². The molecule has 9 unspecified atom stereocenters. The highest BCUT2D eigenvalue weighted by Crippen LogP contribution is 2.23. The topological polar surface area (TPSA) is 189 Å². The summed E-state index contributed by atoms with van der Waals surface area (Å²) in [6, 6.07) is -1.18. The van der Waals surface area contributed by atoms with E-state index in [-0.39, 0.29) is 12.8 Å². The number of aliphatic hydroxyl groups is 7. The summed E-state index contributed by atoms with van der Waals surface area (Å²) in [6.07, 6.45) is 42.9. The average molecular weight is 971 g/mol. The Morgan fingerprint density at radius 2 is 0.868 bits per heavy atom. The number of unbranched alkanes of at least 4 members (excludes halogenated alkanes) is 36. The average Bonchev–Trinajstić information content (AvgIpc) is 3.34. The molecule has 11 nitrogen and oxygen atoms in total. The molecule has 0 radical (unpaired) electrons. The summed E-state index contributed by atoms with van der Waals surface area (Å²) in [5.41, 5.74) is 0. The van der Waals surface area contributed by atoms with Crippen LogP contribution < -0.4 is 5.32 Å². The molecule has 1 rings (SSSR count). The van der Waals surface area contributed by atoms with Gasteiger partial charge in [-0.15, -0.1) is 0 Å². The van der Waals surface area contributed by atoms with Crippen molar-refractivity contribution in [3.63, 3.8) is 0 Å². The first kappa shape index (κ1) is 64.9. The Hall–Kier alpha value is -1.15. The molecular weight excluding hydrogens is 859 g/mol. The molecule has 1 aliphatic rings. The maximum atomic E-state index is 13.1. The molecule has 1 fully saturated rings. The molecule has 0 spiro atoms. The van der Waals surface area contributed by atoms with Crippen LogP contribution in [0.15, 0.2) is 12.2 Å². The third-order valence-electron chi connectivity index (χ3n) is 14.3. The van der Waals surface area contributed by atoms with Crippen molar-refractivity contribution in [3.8, 4) is 0 Å². The van der Waals surface area contributed by atoms with Crippen molar-refractivity contribution in [2.75, 3.05) is 13.2 Å².